The van der Waals surface area contributed by atoms with Gasteiger partial charge in [0, 0.05) is 13.1 Å². The third kappa shape index (κ3) is 2.57. The second kappa shape index (κ2) is 5.38. The Morgan fingerprint density at radius 3 is 2.83 bits per heavy atom. The lowest BCUT2D eigenvalue weighted by molar-refractivity contribution is 0.341. The molecule has 0 aromatic carbocycles. The molecule has 0 bridgehead atoms. The second-order valence-electron chi connectivity index (χ2n) is 4.72. The lowest BCUT2D eigenvalue weighted by atomic mass is 10.1. The molecule has 1 saturated heterocycles. The lowest BCUT2D eigenvalue weighted by Crippen LogP contribution is -2.37. The topological polar surface area (TPSA) is 78.1 Å². The van der Waals surface area contributed by atoms with Crippen LogP contribution in [0.5, 0.6) is 0 Å². The first-order valence-corrected chi connectivity index (χ1v) is 7.66. The number of nitrogens with one attached hydrogen (secondary N) is 2. The maximum atomic E-state index is 12.5. The fourth-order valence-corrected chi connectivity index (χ4v) is 3.85. The van der Waals surface area contributed by atoms with Gasteiger partial charge in [-0.25, -0.2) is 8.42 Å². The number of aromatic nitrogens is 2. The van der Waals surface area contributed by atoms with Crippen molar-refractivity contribution in [3.05, 3.63) is 11.9 Å². The molecule has 0 radical (unpaired) electrons. The largest absolute Gasteiger partial charge is 0.317 e. The van der Waals surface area contributed by atoms with Crippen LogP contribution in [0.2, 0.25) is 0 Å². The Bertz CT molecular complexity index is 489. The van der Waals surface area contributed by atoms with E-state index in [2.05, 4.69) is 15.5 Å². The molecule has 1 aliphatic heterocycles. The molecule has 6 nitrogen and oxygen atoms in total. The predicted molar refractivity (Wildman–Crippen MR) is 68.8 cm³/mol. The van der Waals surface area contributed by atoms with Crippen LogP contribution < -0.4 is 5.32 Å². The molecular weight excluding hydrogens is 252 g/mol. The SMILES string of the molecule is Cc1[nH]ncc1S(=O)(=O)N(C)C1CCCNCC1. The molecule has 2 heterocycles. The third-order valence-corrected chi connectivity index (χ3v) is 5.52. The van der Waals surface area contributed by atoms with E-state index in [0.29, 0.717) is 5.69 Å². The van der Waals surface area contributed by atoms with Crippen LogP contribution in [0.3, 0.4) is 0 Å². The van der Waals surface area contributed by atoms with E-state index in [1.165, 1.54) is 10.5 Å². The smallest absolute Gasteiger partial charge is 0.246 e. The molecule has 0 amide bonds. The molecule has 102 valence electrons. The van der Waals surface area contributed by atoms with Crippen LogP contribution >= 0.6 is 0 Å². The van der Waals surface area contributed by atoms with Gasteiger partial charge in [0.05, 0.1) is 11.9 Å². The fourth-order valence-electron chi connectivity index (χ4n) is 2.32. The van der Waals surface area contributed by atoms with Crippen molar-refractivity contribution in [1.29, 1.82) is 0 Å². The summed E-state index contributed by atoms with van der Waals surface area (Å²) in [6.45, 7) is 3.56. The van der Waals surface area contributed by atoms with E-state index in [0.717, 1.165) is 32.4 Å². The van der Waals surface area contributed by atoms with Gasteiger partial charge in [0.2, 0.25) is 10.0 Å². The van der Waals surface area contributed by atoms with Gasteiger partial charge in [0.15, 0.2) is 0 Å². The van der Waals surface area contributed by atoms with Crippen molar-refractivity contribution in [1.82, 2.24) is 19.8 Å². The molecule has 0 aliphatic carbocycles. The zero-order chi connectivity index (χ0) is 13.2. The molecule has 2 rings (SSSR count). The minimum Gasteiger partial charge on any atom is -0.317 e. The number of nitrogens with zero attached hydrogens (tertiary/aromatic N) is 2. The summed E-state index contributed by atoms with van der Waals surface area (Å²) in [6.07, 6.45) is 4.15. The first-order valence-electron chi connectivity index (χ1n) is 6.22. The minimum atomic E-state index is -3.43. The van der Waals surface area contributed by atoms with Crippen molar-refractivity contribution in [2.45, 2.75) is 37.1 Å². The van der Waals surface area contributed by atoms with E-state index in [9.17, 15) is 8.42 Å². The summed E-state index contributed by atoms with van der Waals surface area (Å²) in [5.74, 6) is 0. The van der Waals surface area contributed by atoms with Crippen LogP contribution in [0.1, 0.15) is 25.0 Å². The van der Waals surface area contributed by atoms with Crippen molar-refractivity contribution in [2.24, 2.45) is 0 Å². The molecule has 1 unspecified atom stereocenters. The molecule has 1 atom stereocenters. The number of hydrogen-bond donors (Lipinski definition) is 2. The lowest BCUT2D eigenvalue weighted by Gasteiger charge is -2.25. The zero-order valence-electron chi connectivity index (χ0n) is 10.8. The highest BCUT2D eigenvalue weighted by Gasteiger charge is 2.30. The Balaban J connectivity index is 2.21. The zero-order valence-corrected chi connectivity index (χ0v) is 11.6. The molecule has 0 saturated carbocycles. The monoisotopic (exact) mass is 272 g/mol. The Morgan fingerprint density at radius 2 is 2.17 bits per heavy atom. The number of H-pyrrole nitrogens is 1. The molecule has 7 heteroatoms. The number of aromatic amines is 1. The van der Waals surface area contributed by atoms with Gasteiger partial charge in [-0.05, 0) is 39.3 Å². The van der Waals surface area contributed by atoms with Gasteiger partial charge in [-0.3, -0.25) is 5.10 Å². The van der Waals surface area contributed by atoms with Gasteiger partial charge in [-0.15, -0.1) is 0 Å². The predicted octanol–water partition coefficient (Wildman–Crippen LogP) is 0.481. The van der Waals surface area contributed by atoms with Crippen LogP contribution in [0.4, 0.5) is 0 Å². The van der Waals surface area contributed by atoms with Gasteiger partial charge in [0.25, 0.3) is 0 Å². The molecule has 1 aromatic rings. The minimum absolute atomic E-state index is 0.0688. The summed E-state index contributed by atoms with van der Waals surface area (Å²) in [7, 11) is -1.77. The maximum Gasteiger partial charge on any atom is 0.246 e. The quantitative estimate of drug-likeness (QED) is 0.839. The van der Waals surface area contributed by atoms with Gasteiger partial charge in [-0.2, -0.15) is 9.40 Å². The average molecular weight is 272 g/mol. The highest BCUT2D eigenvalue weighted by atomic mass is 32.2. The molecule has 1 fully saturated rings. The summed E-state index contributed by atoms with van der Waals surface area (Å²) in [5.41, 5.74) is 0.591. The van der Waals surface area contributed by atoms with Crippen LogP contribution in [0.25, 0.3) is 0 Å². The van der Waals surface area contributed by atoms with Gasteiger partial charge >= 0.3 is 0 Å². The van der Waals surface area contributed by atoms with Gasteiger partial charge in [0.1, 0.15) is 4.90 Å². The van der Waals surface area contributed by atoms with Gasteiger partial charge < -0.3 is 5.32 Å². The van der Waals surface area contributed by atoms with E-state index in [-0.39, 0.29) is 10.9 Å². The van der Waals surface area contributed by atoms with E-state index in [1.807, 2.05) is 0 Å². The normalized spacial score (nSPS) is 22.1. The van der Waals surface area contributed by atoms with E-state index in [4.69, 9.17) is 0 Å². The van der Waals surface area contributed by atoms with Crippen LogP contribution in [-0.2, 0) is 10.0 Å². The molecule has 2 N–H and O–H groups in total. The summed E-state index contributed by atoms with van der Waals surface area (Å²) < 4.78 is 26.4. The van der Waals surface area contributed by atoms with E-state index >= 15 is 0 Å². The maximum absolute atomic E-state index is 12.5. The van der Waals surface area contributed by atoms with Crippen molar-refractivity contribution in [3.63, 3.8) is 0 Å². The fraction of sp³-hybridized carbons (Fsp3) is 0.727. The van der Waals surface area contributed by atoms with E-state index in [1.54, 1.807) is 14.0 Å². The first kappa shape index (κ1) is 13.5. The number of rotatable bonds is 3. The summed E-state index contributed by atoms with van der Waals surface area (Å²) >= 11 is 0. The molecular formula is C11H20N4O2S. The molecule has 1 aromatic heterocycles. The second-order valence-corrected chi connectivity index (χ2v) is 6.68. The Hall–Kier alpha value is -0.920. The van der Waals surface area contributed by atoms with Gasteiger partial charge in [-0.1, -0.05) is 0 Å². The summed E-state index contributed by atoms with van der Waals surface area (Å²) in [5, 5.41) is 9.76. The molecule has 1 aliphatic rings. The molecule has 0 spiro atoms. The highest BCUT2D eigenvalue weighted by molar-refractivity contribution is 7.89. The van der Waals surface area contributed by atoms with E-state index < -0.39 is 10.0 Å². The van der Waals surface area contributed by atoms with Crippen LogP contribution in [-0.4, -0.2) is 49.1 Å². The average Bonchev–Trinajstić information content (AvgIpc) is 2.63. The standard InChI is InChI=1S/C11H20N4O2S/c1-9-11(8-13-14-9)18(16,17)15(2)10-4-3-6-12-7-5-10/h8,10,12H,3-7H2,1-2H3,(H,13,14). The third-order valence-electron chi connectivity index (χ3n) is 3.50. The number of aryl methyl sites for hydroxylation is 1. The van der Waals surface area contributed by atoms with Crippen molar-refractivity contribution in [3.8, 4) is 0 Å². The Kier molecular flexibility index (Phi) is 4.04. The highest BCUT2D eigenvalue weighted by Crippen LogP contribution is 2.22. The summed E-state index contributed by atoms with van der Waals surface area (Å²) in [4.78, 5) is 0.280. The number of sulfonamides is 1. The van der Waals surface area contributed by atoms with Crippen molar-refractivity contribution < 1.29 is 8.42 Å². The first-order chi connectivity index (χ1) is 8.53. The number of hydrogen-bond acceptors (Lipinski definition) is 4. The van der Waals surface area contributed by atoms with Crippen molar-refractivity contribution in [2.75, 3.05) is 20.1 Å². The van der Waals surface area contributed by atoms with Crippen LogP contribution in [0.15, 0.2) is 11.1 Å². The van der Waals surface area contributed by atoms with Crippen molar-refractivity contribution >= 4 is 10.0 Å². The van der Waals surface area contributed by atoms with Crippen LogP contribution in [0, 0.1) is 6.92 Å². The summed E-state index contributed by atoms with van der Waals surface area (Å²) in [6, 6.07) is 0.0688. The molecule has 18 heavy (non-hydrogen) atoms. The Morgan fingerprint density at radius 1 is 1.39 bits per heavy atom. The Labute approximate surface area is 108 Å².